The van der Waals surface area contributed by atoms with Gasteiger partial charge in [-0.3, -0.25) is 4.79 Å². The van der Waals surface area contributed by atoms with Crippen molar-refractivity contribution in [3.05, 3.63) is 22.7 Å². The Labute approximate surface area is 88.5 Å². The van der Waals surface area contributed by atoms with E-state index in [-0.39, 0.29) is 5.56 Å². The Kier molecular flexibility index (Phi) is 3.01. The smallest absolute Gasteiger partial charge is 0.252 e. The quantitative estimate of drug-likeness (QED) is 0.716. The summed E-state index contributed by atoms with van der Waals surface area (Å²) in [5.41, 5.74) is -0.101. The molecular formula is C10H16N4O. The minimum absolute atomic E-state index is 0.101. The molecule has 2 heterocycles. The van der Waals surface area contributed by atoms with E-state index in [4.69, 9.17) is 0 Å². The number of hydrogen-bond acceptors (Lipinski definition) is 4. The van der Waals surface area contributed by atoms with Gasteiger partial charge in [-0.05, 0) is 19.4 Å². The summed E-state index contributed by atoms with van der Waals surface area (Å²) >= 11 is 0. The summed E-state index contributed by atoms with van der Waals surface area (Å²) in [4.78, 5) is 19.9. The molecule has 0 spiro atoms. The van der Waals surface area contributed by atoms with Crippen LogP contribution in [0, 0.1) is 0 Å². The molecule has 15 heavy (non-hydrogen) atoms. The summed E-state index contributed by atoms with van der Waals surface area (Å²) in [7, 11) is 1.99. The van der Waals surface area contributed by atoms with Crippen LogP contribution in [-0.4, -0.2) is 36.1 Å². The van der Waals surface area contributed by atoms with Gasteiger partial charge in [0.25, 0.3) is 5.56 Å². The number of likely N-dealkylation sites (N-methyl/N-ethyl adjacent to an activating group) is 1. The molecule has 0 aromatic carbocycles. The van der Waals surface area contributed by atoms with Gasteiger partial charge in [0.05, 0.1) is 6.33 Å². The van der Waals surface area contributed by atoms with Crippen molar-refractivity contribution in [3.63, 3.8) is 0 Å². The van der Waals surface area contributed by atoms with E-state index in [2.05, 4.69) is 20.2 Å². The Hall–Kier alpha value is -1.36. The second-order valence-corrected chi connectivity index (χ2v) is 3.88. The SMILES string of the molecule is CN(c1cc(=O)[nH]cn1)C1CCCNC1. The van der Waals surface area contributed by atoms with Crippen LogP contribution in [-0.2, 0) is 0 Å². The molecule has 1 aromatic heterocycles. The Bertz CT molecular complexity index is 370. The zero-order chi connectivity index (χ0) is 10.7. The zero-order valence-electron chi connectivity index (χ0n) is 8.86. The maximum Gasteiger partial charge on any atom is 0.252 e. The molecule has 82 valence electrons. The summed E-state index contributed by atoms with van der Waals surface area (Å²) in [5.74, 6) is 0.743. The first kappa shape index (κ1) is 10.2. The summed E-state index contributed by atoms with van der Waals surface area (Å²) in [5, 5.41) is 3.34. The fraction of sp³-hybridized carbons (Fsp3) is 0.600. The molecule has 1 saturated heterocycles. The van der Waals surface area contributed by atoms with E-state index in [1.54, 1.807) is 0 Å². The highest BCUT2D eigenvalue weighted by Crippen LogP contribution is 2.14. The van der Waals surface area contributed by atoms with Crippen LogP contribution in [0.2, 0.25) is 0 Å². The van der Waals surface area contributed by atoms with Crippen LogP contribution < -0.4 is 15.8 Å². The minimum atomic E-state index is -0.101. The van der Waals surface area contributed by atoms with Gasteiger partial charge in [0.15, 0.2) is 0 Å². The topological polar surface area (TPSA) is 61.0 Å². The molecule has 2 rings (SSSR count). The first-order valence-corrected chi connectivity index (χ1v) is 5.25. The van der Waals surface area contributed by atoms with Crippen molar-refractivity contribution >= 4 is 5.82 Å². The molecule has 1 unspecified atom stereocenters. The largest absolute Gasteiger partial charge is 0.355 e. The van der Waals surface area contributed by atoms with Gasteiger partial charge in [0.2, 0.25) is 0 Å². The maximum atomic E-state index is 11.1. The molecule has 0 radical (unpaired) electrons. The Morgan fingerprint density at radius 2 is 2.47 bits per heavy atom. The molecule has 1 atom stereocenters. The average Bonchev–Trinajstić information content (AvgIpc) is 2.29. The molecule has 0 aliphatic carbocycles. The highest BCUT2D eigenvalue weighted by molar-refractivity contribution is 5.36. The van der Waals surface area contributed by atoms with E-state index in [9.17, 15) is 4.79 Å². The van der Waals surface area contributed by atoms with Crippen LogP contribution in [0.25, 0.3) is 0 Å². The lowest BCUT2D eigenvalue weighted by atomic mass is 10.1. The molecule has 1 aliphatic heterocycles. The molecule has 0 saturated carbocycles. The third-order valence-corrected chi connectivity index (χ3v) is 2.84. The summed E-state index contributed by atoms with van der Waals surface area (Å²) in [6.07, 6.45) is 3.78. The van der Waals surface area contributed by atoms with Gasteiger partial charge in [0.1, 0.15) is 5.82 Å². The number of nitrogens with zero attached hydrogens (tertiary/aromatic N) is 2. The standard InChI is InChI=1S/C10H16N4O/c1-14(8-3-2-4-11-6-8)9-5-10(15)13-7-12-9/h5,7-8,11H,2-4,6H2,1H3,(H,12,13,15). The number of hydrogen-bond donors (Lipinski definition) is 2. The Balaban J connectivity index is 2.12. The third-order valence-electron chi connectivity index (χ3n) is 2.84. The van der Waals surface area contributed by atoms with Crippen LogP contribution in [0.5, 0.6) is 0 Å². The second kappa shape index (κ2) is 4.44. The van der Waals surface area contributed by atoms with Crippen molar-refractivity contribution in [2.45, 2.75) is 18.9 Å². The van der Waals surface area contributed by atoms with E-state index in [0.717, 1.165) is 25.3 Å². The Morgan fingerprint density at radius 3 is 3.13 bits per heavy atom. The van der Waals surface area contributed by atoms with Gasteiger partial charge in [-0.15, -0.1) is 0 Å². The highest BCUT2D eigenvalue weighted by Gasteiger charge is 2.18. The minimum Gasteiger partial charge on any atom is -0.355 e. The van der Waals surface area contributed by atoms with Gasteiger partial charge in [-0.25, -0.2) is 4.98 Å². The zero-order valence-corrected chi connectivity index (χ0v) is 8.86. The molecule has 0 bridgehead atoms. The predicted octanol–water partition coefficient (Wildman–Crippen LogP) is -0.0419. The molecule has 1 aliphatic rings. The molecule has 5 heteroatoms. The lowest BCUT2D eigenvalue weighted by Gasteiger charge is -2.32. The molecule has 2 N–H and O–H groups in total. The number of nitrogens with one attached hydrogen (secondary N) is 2. The van der Waals surface area contributed by atoms with Gasteiger partial charge in [0, 0.05) is 25.7 Å². The van der Waals surface area contributed by atoms with Crippen molar-refractivity contribution in [1.82, 2.24) is 15.3 Å². The van der Waals surface area contributed by atoms with Crippen LogP contribution in [0.4, 0.5) is 5.82 Å². The molecule has 1 fully saturated rings. The average molecular weight is 208 g/mol. The van der Waals surface area contributed by atoms with Crippen LogP contribution in [0.15, 0.2) is 17.2 Å². The van der Waals surface area contributed by atoms with Crippen molar-refractivity contribution in [2.24, 2.45) is 0 Å². The number of H-pyrrole nitrogens is 1. The number of rotatable bonds is 2. The van der Waals surface area contributed by atoms with Gasteiger partial charge < -0.3 is 15.2 Å². The number of anilines is 1. The lowest BCUT2D eigenvalue weighted by Crippen LogP contribution is -2.44. The molecule has 5 nitrogen and oxygen atoms in total. The van der Waals surface area contributed by atoms with E-state index < -0.39 is 0 Å². The van der Waals surface area contributed by atoms with Gasteiger partial charge >= 0.3 is 0 Å². The van der Waals surface area contributed by atoms with E-state index in [1.165, 1.54) is 18.8 Å². The van der Waals surface area contributed by atoms with Crippen LogP contribution >= 0.6 is 0 Å². The second-order valence-electron chi connectivity index (χ2n) is 3.88. The summed E-state index contributed by atoms with van der Waals surface area (Å²) in [6.45, 7) is 2.05. The molecule has 0 amide bonds. The fourth-order valence-corrected chi connectivity index (χ4v) is 1.90. The lowest BCUT2D eigenvalue weighted by molar-refractivity contribution is 0.443. The molecular weight excluding hydrogens is 192 g/mol. The normalized spacial score (nSPS) is 21.3. The van der Waals surface area contributed by atoms with E-state index in [0.29, 0.717) is 6.04 Å². The monoisotopic (exact) mass is 208 g/mol. The van der Waals surface area contributed by atoms with Crippen molar-refractivity contribution in [1.29, 1.82) is 0 Å². The number of aromatic nitrogens is 2. The van der Waals surface area contributed by atoms with Crippen molar-refractivity contribution < 1.29 is 0 Å². The van der Waals surface area contributed by atoms with E-state index >= 15 is 0 Å². The fourth-order valence-electron chi connectivity index (χ4n) is 1.90. The van der Waals surface area contributed by atoms with Crippen LogP contribution in [0.1, 0.15) is 12.8 Å². The van der Waals surface area contributed by atoms with Crippen molar-refractivity contribution in [3.8, 4) is 0 Å². The van der Waals surface area contributed by atoms with Crippen molar-refractivity contribution in [2.75, 3.05) is 25.0 Å². The first-order valence-electron chi connectivity index (χ1n) is 5.25. The summed E-state index contributed by atoms with van der Waals surface area (Å²) in [6, 6.07) is 1.97. The van der Waals surface area contributed by atoms with E-state index in [1.807, 2.05) is 7.05 Å². The third kappa shape index (κ3) is 2.36. The number of aromatic amines is 1. The molecule has 1 aromatic rings. The van der Waals surface area contributed by atoms with Crippen LogP contribution in [0.3, 0.4) is 0 Å². The van der Waals surface area contributed by atoms with Gasteiger partial charge in [-0.1, -0.05) is 0 Å². The highest BCUT2D eigenvalue weighted by atomic mass is 16.1. The Morgan fingerprint density at radius 1 is 1.60 bits per heavy atom. The number of piperidine rings is 1. The maximum absolute atomic E-state index is 11.1. The summed E-state index contributed by atoms with van der Waals surface area (Å²) < 4.78 is 0. The first-order chi connectivity index (χ1) is 7.27. The predicted molar refractivity (Wildman–Crippen MR) is 59.2 cm³/mol. The van der Waals surface area contributed by atoms with Gasteiger partial charge in [-0.2, -0.15) is 0 Å².